The van der Waals surface area contributed by atoms with Crippen LogP contribution in [0.2, 0.25) is 0 Å². The molecule has 1 saturated carbocycles. The van der Waals surface area contributed by atoms with Crippen molar-refractivity contribution in [1.29, 1.82) is 0 Å². The second-order valence-electron chi connectivity index (χ2n) is 8.93. The van der Waals surface area contributed by atoms with Crippen LogP contribution in [0.25, 0.3) is 38.9 Å². The topological polar surface area (TPSA) is 81.1 Å². The van der Waals surface area contributed by atoms with E-state index in [2.05, 4.69) is 70.1 Å². The summed E-state index contributed by atoms with van der Waals surface area (Å²) >= 11 is 0. The Morgan fingerprint density at radius 2 is 1.76 bits per heavy atom. The maximum absolute atomic E-state index is 6.55. The molecule has 0 spiro atoms. The van der Waals surface area contributed by atoms with E-state index in [1.807, 2.05) is 29.8 Å². The molecule has 0 bridgehead atoms. The van der Waals surface area contributed by atoms with Crippen molar-refractivity contribution in [1.82, 2.24) is 24.9 Å². The molecule has 0 radical (unpaired) electrons. The quantitative estimate of drug-likeness (QED) is 0.420. The van der Waals surface area contributed by atoms with Crippen LogP contribution in [0.15, 0.2) is 72.9 Å². The lowest BCUT2D eigenvalue weighted by Crippen LogP contribution is -2.43. The number of rotatable bonds is 5. The highest BCUT2D eigenvalue weighted by Crippen LogP contribution is 2.40. The summed E-state index contributed by atoms with van der Waals surface area (Å²) in [6.07, 6.45) is 5.32. The zero-order valence-corrected chi connectivity index (χ0v) is 18.6. The van der Waals surface area contributed by atoms with Gasteiger partial charge in [-0.1, -0.05) is 54.6 Å². The molecule has 3 N–H and O–H groups in total. The minimum absolute atomic E-state index is 0.165. The highest BCUT2D eigenvalue weighted by Gasteiger charge is 2.34. The first kappa shape index (κ1) is 20.0. The number of nitrogens with two attached hydrogens (primary N) is 1. The molecule has 33 heavy (non-hydrogen) atoms. The van der Waals surface area contributed by atoms with Crippen molar-refractivity contribution >= 4 is 16.6 Å². The van der Waals surface area contributed by atoms with E-state index in [-0.39, 0.29) is 5.54 Å². The minimum Gasteiger partial charge on any atom is -0.321 e. The largest absolute Gasteiger partial charge is 0.321 e. The number of nitrogens with one attached hydrogen (secondary N) is 1. The van der Waals surface area contributed by atoms with Crippen LogP contribution in [-0.2, 0) is 12.1 Å². The SMILES string of the molecule is CNCc1nnc2c3cc(-c4ccccc4)c(-c4ccc(C5(N)CCC5)cc4)nc3ccn12. The lowest BCUT2D eigenvalue weighted by atomic mass is 9.72. The van der Waals surface area contributed by atoms with E-state index in [0.29, 0.717) is 6.54 Å². The van der Waals surface area contributed by atoms with E-state index >= 15 is 0 Å². The standard InChI is InChI=1S/C27H26N6/c1-29-17-24-31-32-26-22-16-21(18-6-3-2-4-7-18)25(30-23(22)12-15-33(24)26)19-8-10-20(11-9-19)27(28)13-5-14-27/h2-4,6-12,15-16,29H,5,13-14,17,28H2,1H3. The number of pyridine rings is 2. The van der Waals surface area contributed by atoms with Crippen LogP contribution in [0.4, 0.5) is 0 Å². The fourth-order valence-corrected chi connectivity index (χ4v) is 4.79. The summed E-state index contributed by atoms with van der Waals surface area (Å²) in [5.41, 5.74) is 13.6. The van der Waals surface area contributed by atoms with Crippen molar-refractivity contribution in [3.63, 3.8) is 0 Å². The van der Waals surface area contributed by atoms with Crippen LogP contribution >= 0.6 is 0 Å². The van der Waals surface area contributed by atoms with E-state index in [9.17, 15) is 0 Å². The molecule has 6 rings (SSSR count). The Hall–Kier alpha value is -3.61. The van der Waals surface area contributed by atoms with Crippen molar-refractivity contribution in [2.24, 2.45) is 5.73 Å². The van der Waals surface area contributed by atoms with Crippen LogP contribution < -0.4 is 11.1 Å². The van der Waals surface area contributed by atoms with Gasteiger partial charge >= 0.3 is 0 Å². The number of aromatic nitrogens is 4. The van der Waals surface area contributed by atoms with Crippen LogP contribution in [0, 0.1) is 0 Å². The van der Waals surface area contributed by atoms with Crippen molar-refractivity contribution < 1.29 is 0 Å². The third-order valence-corrected chi connectivity index (χ3v) is 6.84. The number of nitrogens with zero attached hydrogens (tertiary/aromatic N) is 4. The predicted octanol–water partition coefficient (Wildman–Crippen LogP) is 4.67. The highest BCUT2D eigenvalue weighted by molar-refractivity contribution is 5.98. The second kappa shape index (κ2) is 7.76. The average molecular weight is 435 g/mol. The first-order valence-corrected chi connectivity index (χ1v) is 11.4. The van der Waals surface area contributed by atoms with E-state index < -0.39 is 0 Å². The molecule has 1 aliphatic carbocycles. The third-order valence-electron chi connectivity index (χ3n) is 6.84. The summed E-state index contributed by atoms with van der Waals surface area (Å²) < 4.78 is 2.03. The number of fused-ring (bicyclic) bond motifs is 3. The van der Waals surface area contributed by atoms with E-state index in [1.54, 1.807) is 0 Å². The molecule has 0 amide bonds. The molecule has 6 nitrogen and oxygen atoms in total. The third kappa shape index (κ3) is 3.30. The minimum atomic E-state index is -0.165. The summed E-state index contributed by atoms with van der Waals surface area (Å²) in [5, 5.41) is 13.0. The monoisotopic (exact) mass is 434 g/mol. The van der Waals surface area contributed by atoms with Gasteiger partial charge in [-0.3, -0.25) is 4.40 Å². The average Bonchev–Trinajstić information content (AvgIpc) is 3.26. The molecule has 5 aromatic rings. The van der Waals surface area contributed by atoms with Gasteiger partial charge < -0.3 is 11.1 Å². The summed E-state index contributed by atoms with van der Waals surface area (Å²) in [6, 6.07) is 23.3. The van der Waals surface area contributed by atoms with E-state index in [1.165, 1.54) is 12.0 Å². The van der Waals surface area contributed by atoms with Gasteiger partial charge in [-0.15, -0.1) is 10.2 Å². The summed E-state index contributed by atoms with van der Waals surface area (Å²) in [6.45, 7) is 0.651. The normalized spacial score (nSPS) is 15.1. The first-order chi connectivity index (χ1) is 16.2. The van der Waals surface area contributed by atoms with Crippen LogP contribution in [0.1, 0.15) is 30.7 Å². The maximum atomic E-state index is 6.55. The zero-order valence-electron chi connectivity index (χ0n) is 18.6. The second-order valence-corrected chi connectivity index (χ2v) is 8.93. The van der Waals surface area contributed by atoms with Gasteiger partial charge in [-0.25, -0.2) is 4.98 Å². The van der Waals surface area contributed by atoms with Gasteiger partial charge in [0.2, 0.25) is 0 Å². The molecule has 6 heteroatoms. The summed E-state index contributed by atoms with van der Waals surface area (Å²) in [4.78, 5) is 5.13. The predicted molar refractivity (Wildman–Crippen MR) is 132 cm³/mol. The van der Waals surface area contributed by atoms with Gasteiger partial charge in [-0.2, -0.15) is 0 Å². The van der Waals surface area contributed by atoms with Crippen LogP contribution in [-0.4, -0.2) is 26.6 Å². The molecule has 0 aliphatic heterocycles. The lowest BCUT2D eigenvalue weighted by Gasteiger charge is -2.38. The fraction of sp³-hybridized carbons (Fsp3) is 0.222. The Morgan fingerprint density at radius 1 is 0.970 bits per heavy atom. The molecular weight excluding hydrogens is 408 g/mol. The molecule has 1 aliphatic rings. The molecular formula is C27H26N6. The number of hydrogen-bond donors (Lipinski definition) is 2. The molecule has 1 fully saturated rings. The van der Waals surface area contributed by atoms with E-state index in [4.69, 9.17) is 10.7 Å². The van der Waals surface area contributed by atoms with Crippen molar-refractivity contribution in [3.8, 4) is 22.4 Å². The highest BCUT2D eigenvalue weighted by atomic mass is 15.3. The summed E-state index contributed by atoms with van der Waals surface area (Å²) in [7, 11) is 1.91. The summed E-state index contributed by atoms with van der Waals surface area (Å²) in [5.74, 6) is 0.877. The Bertz CT molecular complexity index is 1450. The van der Waals surface area contributed by atoms with Gasteiger partial charge in [-0.05, 0) is 49.6 Å². The molecule has 0 atom stereocenters. The molecule has 3 aromatic heterocycles. The van der Waals surface area contributed by atoms with Crippen molar-refractivity contribution in [3.05, 3.63) is 84.3 Å². The maximum Gasteiger partial charge on any atom is 0.170 e. The van der Waals surface area contributed by atoms with Crippen LogP contribution in [0.3, 0.4) is 0 Å². The van der Waals surface area contributed by atoms with Crippen LogP contribution in [0.5, 0.6) is 0 Å². The smallest absolute Gasteiger partial charge is 0.170 e. The van der Waals surface area contributed by atoms with E-state index in [0.717, 1.165) is 57.6 Å². The molecule has 0 unspecified atom stereocenters. The number of benzene rings is 2. The van der Waals surface area contributed by atoms with Gasteiger partial charge in [0.25, 0.3) is 0 Å². The zero-order chi connectivity index (χ0) is 22.4. The Labute approximate surface area is 192 Å². The Balaban J connectivity index is 1.55. The first-order valence-electron chi connectivity index (χ1n) is 11.4. The Morgan fingerprint density at radius 3 is 2.45 bits per heavy atom. The molecule has 3 heterocycles. The molecule has 2 aromatic carbocycles. The molecule has 164 valence electrons. The van der Waals surface area contributed by atoms with Gasteiger partial charge in [0.1, 0.15) is 0 Å². The van der Waals surface area contributed by atoms with Gasteiger partial charge in [0.05, 0.1) is 17.8 Å². The van der Waals surface area contributed by atoms with Gasteiger partial charge in [0, 0.05) is 28.2 Å². The Kier molecular flexibility index (Phi) is 4.71. The number of hydrogen-bond acceptors (Lipinski definition) is 5. The fourth-order valence-electron chi connectivity index (χ4n) is 4.79. The van der Waals surface area contributed by atoms with Gasteiger partial charge in [0.15, 0.2) is 11.5 Å². The van der Waals surface area contributed by atoms with Crippen molar-refractivity contribution in [2.75, 3.05) is 7.05 Å². The molecule has 0 saturated heterocycles. The lowest BCUT2D eigenvalue weighted by molar-refractivity contribution is 0.253. The van der Waals surface area contributed by atoms with Crippen molar-refractivity contribution in [2.45, 2.75) is 31.3 Å².